The molecule has 0 aromatic rings. The summed E-state index contributed by atoms with van der Waals surface area (Å²) >= 11 is 0. The number of hydrogen-bond donors (Lipinski definition) is 5. The van der Waals surface area contributed by atoms with E-state index < -0.39 is 23.1 Å². The minimum Gasteiger partial charge on any atom is -0.371 e. The molecule has 8 nitrogen and oxygen atoms in total. The van der Waals surface area contributed by atoms with E-state index in [1.807, 2.05) is 0 Å². The van der Waals surface area contributed by atoms with Gasteiger partial charge in [-0.05, 0) is 6.92 Å². The summed E-state index contributed by atoms with van der Waals surface area (Å²) in [5, 5.41) is 0. The Morgan fingerprint density at radius 3 is 1.62 bits per heavy atom. The minimum absolute atomic E-state index is 0.838. The first-order valence-electron chi connectivity index (χ1n) is 3.25. The maximum absolute atomic E-state index is 11.0. The van der Waals surface area contributed by atoms with E-state index in [4.69, 9.17) is 22.9 Å². The highest BCUT2D eigenvalue weighted by Crippen LogP contribution is 2.10. The van der Waals surface area contributed by atoms with Crippen LogP contribution in [-0.2, 0) is 14.4 Å². The number of carbonyl (C=O) groups excluding carboxylic acids is 2. The maximum atomic E-state index is 11.0. The zero-order valence-corrected chi connectivity index (χ0v) is 7.11. The lowest BCUT2D eigenvalue weighted by Gasteiger charge is -2.34. The van der Waals surface area contributed by atoms with Gasteiger partial charge in [-0.1, -0.05) is 0 Å². The molecule has 0 bridgehead atoms. The van der Waals surface area contributed by atoms with Crippen molar-refractivity contribution in [3.63, 3.8) is 0 Å². The van der Waals surface area contributed by atoms with Gasteiger partial charge in [-0.15, -0.1) is 0 Å². The number of ketones is 1. The van der Waals surface area contributed by atoms with Crippen molar-refractivity contribution in [3.05, 3.63) is 0 Å². The van der Waals surface area contributed by atoms with Crippen LogP contribution >= 0.6 is 0 Å². The lowest BCUT2D eigenvalue weighted by molar-refractivity contribution is -0.157. The first-order valence-corrected chi connectivity index (χ1v) is 3.25. The van der Waals surface area contributed by atoms with Crippen LogP contribution in [0.1, 0.15) is 6.92 Å². The highest BCUT2D eigenvalue weighted by atomic mass is 16.7. The monoisotopic (exact) mass is 191 g/mol. The molecule has 1 atom stereocenters. The van der Waals surface area contributed by atoms with Crippen molar-refractivity contribution < 1.29 is 14.4 Å². The van der Waals surface area contributed by atoms with E-state index in [0.29, 0.717) is 0 Å². The third kappa shape index (κ3) is 1.82. The summed E-state index contributed by atoms with van der Waals surface area (Å²) in [7, 11) is 0. The van der Waals surface area contributed by atoms with Crippen LogP contribution in [0.5, 0.6) is 0 Å². The van der Waals surface area contributed by atoms with E-state index in [1.165, 1.54) is 0 Å². The number of nitrogens with two attached hydrogens (primary N) is 5. The zero-order valence-electron chi connectivity index (χ0n) is 7.11. The van der Waals surface area contributed by atoms with Crippen molar-refractivity contribution in [2.45, 2.75) is 18.2 Å². The van der Waals surface area contributed by atoms with Crippen molar-refractivity contribution in [1.82, 2.24) is 0 Å². The summed E-state index contributed by atoms with van der Waals surface area (Å²) in [6.07, 6.45) is 0. The second-order valence-electron chi connectivity index (χ2n) is 2.70. The highest BCUT2D eigenvalue weighted by molar-refractivity contribution is 6.08. The van der Waals surface area contributed by atoms with Gasteiger partial charge in [-0.2, -0.15) is 5.90 Å². The lowest BCUT2D eigenvalue weighted by atomic mass is 9.89. The van der Waals surface area contributed by atoms with Crippen molar-refractivity contribution in [3.8, 4) is 0 Å². The molecule has 0 aliphatic carbocycles. The Labute approximate surface area is 74.3 Å². The molecule has 8 heteroatoms. The molecule has 76 valence electrons. The third-order valence-corrected chi connectivity index (χ3v) is 1.67. The maximum Gasteiger partial charge on any atom is 0.357 e. The molecule has 0 aromatic heterocycles. The number of rotatable bonds is 3. The molecule has 13 heavy (non-hydrogen) atoms. The molecule has 0 heterocycles. The molecule has 0 rings (SSSR count). The average Bonchev–Trinajstić information content (AvgIpc) is 1.98. The minimum atomic E-state index is -2.35. The van der Waals surface area contributed by atoms with Crippen molar-refractivity contribution in [1.29, 1.82) is 0 Å². The van der Waals surface area contributed by atoms with Gasteiger partial charge in [0, 0.05) is 0 Å². The molecular formula is C5H13N5O3. The number of carbonyl (C=O) groups is 2. The van der Waals surface area contributed by atoms with E-state index in [-0.39, 0.29) is 0 Å². The predicted molar refractivity (Wildman–Crippen MR) is 43.2 cm³/mol. The average molecular weight is 191 g/mol. The molecule has 10 N–H and O–H groups in total. The largest absolute Gasteiger partial charge is 0.371 e. The van der Waals surface area contributed by atoms with Gasteiger partial charge >= 0.3 is 5.97 Å². The Hall–Kier alpha value is -1.06. The number of Topliss-reactive ketones (excluding diaryl/α,β-unsaturated/α-hetero) is 1. The van der Waals surface area contributed by atoms with Gasteiger partial charge in [0.2, 0.25) is 5.54 Å². The van der Waals surface area contributed by atoms with E-state index >= 15 is 0 Å². The molecule has 0 aliphatic heterocycles. The summed E-state index contributed by atoms with van der Waals surface area (Å²) in [4.78, 5) is 25.8. The van der Waals surface area contributed by atoms with Crippen LogP contribution < -0.4 is 28.8 Å². The fourth-order valence-electron chi connectivity index (χ4n) is 0.718. The molecule has 0 spiro atoms. The van der Waals surface area contributed by atoms with Gasteiger partial charge in [-0.25, -0.2) is 4.79 Å². The van der Waals surface area contributed by atoms with Gasteiger partial charge in [0.15, 0.2) is 11.6 Å². The predicted octanol–water partition coefficient (Wildman–Crippen LogP) is -3.78. The van der Waals surface area contributed by atoms with E-state index in [9.17, 15) is 9.59 Å². The molecule has 1 unspecified atom stereocenters. The van der Waals surface area contributed by atoms with E-state index in [0.717, 1.165) is 6.92 Å². The Morgan fingerprint density at radius 1 is 1.15 bits per heavy atom. The Balaban J connectivity index is 5.20. The summed E-state index contributed by atoms with van der Waals surface area (Å²) in [6.45, 7) is 0.998. The molecule has 0 saturated carbocycles. The topological polar surface area (TPSA) is 173 Å². The second-order valence-corrected chi connectivity index (χ2v) is 2.70. The third-order valence-electron chi connectivity index (χ3n) is 1.67. The lowest BCUT2D eigenvalue weighted by Crippen LogP contribution is -2.82. The zero-order chi connectivity index (χ0) is 10.9. The first kappa shape index (κ1) is 11.9. The van der Waals surface area contributed by atoms with Crippen LogP contribution in [0.25, 0.3) is 0 Å². The van der Waals surface area contributed by atoms with Gasteiger partial charge in [0.05, 0.1) is 0 Å². The van der Waals surface area contributed by atoms with E-state index in [1.54, 1.807) is 0 Å². The van der Waals surface area contributed by atoms with Gasteiger partial charge < -0.3 is 10.6 Å². The highest BCUT2D eigenvalue weighted by Gasteiger charge is 2.53. The fourth-order valence-corrected chi connectivity index (χ4v) is 0.718. The Kier molecular flexibility index (Phi) is 3.08. The molecule has 0 amide bonds. The summed E-state index contributed by atoms with van der Waals surface area (Å²) in [5.74, 6) is 0.195. The molecule has 0 aromatic carbocycles. The van der Waals surface area contributed by atoms with Crippen molar-refractivity contribution in [2.24, 2.45) is 28.8 Å². The number of hydrogen-bond acceptors (Lipinski definition) is 8. The van der Waals surface area contributed by atoms with Gasteiger partial charge in [0.25, 0.3) is 0 Å². The van der Waals surface area contributed by atoms with Crippen LogP contribution in [0.15, 0.2) is 0 Å². The molecule has 0 aliphatic rings. The molecular weight excluding hydrogens is 178 g/mol. The van der Waals surface area contributed by atoms with Crippen molar-refractivity contribution >= 4 is 11.8 Å². The Bertz CT molecular complexity index is 235. The second kappa shape index (κ2) is 3.36. The van der Waals surface area contributed by atoms with Crippen LogP contribution in [-0.4, -0.2) is 23.1 Å². The quantitative estimate of drug-likeness (QED) is 0.171. The van der Waals surface area contributed by atoms with Crippen LogP contribution in [0.4, 0.5) is 0 Å². The first-order chi connectivity index (χ1) is 5.67. The Morgan fingerprint density at radius 2 is 1.54 bits per heavy atom. The SMILES string of the molecule is CC(=O)C(N)(C(=O)ON)C(N)(N)N. The van der Waals surface area contributed by atoms with Gasteiger partial charge in [0.1, 0.15) is 0 Å². The standard InChI is InChI=1S/C5H13N5O3/c1-2(11)4(6,3(12)13-10)5(7,8)9/h6-10H2,1H3. The molecule has 0 fully saturated rings. The normalized spacial score (nSPS) is 16.2. The van der Waals surface area contributed by atoms with E-state index in [2.05, 4.69) is 10.7 Å². The van der Waals surface area contributed by atoms with Crippen molar-refractivity contribution in [2.75, 3.05) is 0 Å². The van der Waals surface area contributed by atoms with Crippen LogP contribution in [0.2, 0.25) is 0 Å². The fraction of sp³-hybridized carbons (Fsp3) is 0.600. The summed E-state index contributed by atoms with van der Waals surface area (Å²) in [6, 6.07) is 0. The smallest absolute Gasteiger partial charge is 0.357 e. The summed E-state index contributed by atoms with van der Waals surface area (Å²) < 4.78 is 0. The van der Waals surface area contributed by atoms with Crippen LogP contribution in [0.3, 0.4) is 0 Å². The molecule has 0 radical (unpaired) electrons. The molecule has 0 saturated heterocycles. The summed E-state index contributed by atoms with van der Waals surface area (Å²) in [5.41, 5.74) is 18.4. The van der Waals surface area contributed by atoms with Crippen LogP contribution in [0, 0.1) is 0 Å². The van der Waals surface area contributed by atoms with Gasteiger partial charge in [-0.3, -0.25) is 22.0 Å².